The highest BCUT2D eigenvalue weighted by molar-refractivity contribution is 7.81. The van der Waals surface area contributed by atoms with Gasteiger partial charge in [-0.3, -0.25) is 4.55 Å². The molecule has 4 nitrogen and oxygen atoms in total. The Hall–Kier alpha value is -2.15. The predicted octanol–water partition coefficient (Wildman–Crippen LogP) is 5.01. The van der Waals surface area contributed by atoms with E-state index in [1.807, 2.05) is 66.9 Å². The van der Waals surface area contributed by atoms with E-state index in [9.17, 15) is 8.76 Å². The van der Waals surface area contributed by atoms with Crippen molar-refractivity contribution in [2.75, 3.05) is 11.4 Å². The van der Waals surface area contributed by atoms with Crippen molar-refractivity contribution in [2.24, 2.45) is 0 Å². The minimum atomic E-state index is -2.14. The second-order valence-corrected chi connectivity index (χ2v) is 6.95. The van der Waals surface area contributed by atoms with Crippen LogP contribution in [0.15, 0.2) is 60.0 Å². The quantitative estimate of drug-likeness (QED) is 0.652. The highest BCUT2D eigenvalue weighted by atomic mass is 32.2. The molecule has 24 heavy (non-hydrogen) atoms. The number of aryl methyl sites for hydroxylation is 1. The summed E-state index contributed by atoms with van der Waals surface area (Å²) in [6.45, 7) is 1.92. The van der Waals surface area contributed by atoms with Crippen molar-refractivity contribution in [3.05, 3.63) is 65.5 Å². The number of rotatable bonds is 5. The molecule has 0 amide bonds. The van der Waals surface area contributed by atoms with E-state index in [0.717, 1.165) is 27.4 Å². The molecule has 0 spiro atoms. The molecule has 0 bridgehead atoms. The number of hydrogen-bond acceptors (Lipinski definition) is 3. The molecule has 0 saturated carbocycles. The van der Waals surface area contributed by atoms with Crippen molar-refractivity contribution in [1.82, 2.24) is 0 Å². The first-order chi connectivity index (χ1) is 11.6. The molecule has 124 valence electrons. The first-order valence-corrected chi connectivity index (χ1v) is 9.24. The number of para-hydroxylation sites is 1. The number of anilines is 2. The van der Waals surface area contributed by atoms with Gasteiger partial charge in [-0.15, -0.1) is 11.3 Å². The predicted molar refractivity (Wildman–Crippen MR) is 100 cm³/mol. The van der Waals surface area contributed by atoms with Gasteiger partial charge in [-0.1, -0.05) is 18.2 Å². The van der Waals surface area contributed by atoms with Crippen LogP contribution in [-0.2, 0) is 11.3 Å². The first-order valence-electron chi connectivity index (χ1n) is 7.30. The maximum Gasteiger partial charge on any atom is 0.266 e. The Bertz CT molecular complexity index is 859. The van der Waals surface area contributed by atoms with Crippen LogP contribution in [0.3, 0.4) is 0 Å². The molecule has 3 rings (SSSR count). The van der Waals surface area contributed by atoms with E-state index >= 15 is 0 Å². The van der Waals surface area contributed by atoms with Gasteiger partial charge in [-0.25, -0.2) is 8.51 Å². The molecule has 1 aromatic heterocycles. The standard InChI is InChI=1S/C18H17NO3S2/c1-13-5-3-4-6-17(13)19(24(20)21)15-11-18(23-12-15)14-7-9-16(22-2)10-8-14/h3-12H,1-2H3,(H,20,21). The number of ether oxygens (including phenoxy) is 1. The van der Waals surface area contributed by atoms with Gasteiger partial charge < -0.3 is 4.74 Å². The van der Waals surface area contributed by atoms with Crippen molar-refractivity contribution >= 4 is 34.0 Å². The third kappa shape index (κ3) is 3.36. The highest BCUT2D eigenvalue weighted by Gasteiger charge is 2.18. The molecular formula is C18H17NO3S2. The number of benzene rings is 2. The van der Waals surface area contributed by atoms with Crippen molar-refractivity contribution in [3.63, 3.8) is 0 Å². The normalized spacial score (nSPS) is 12.0. The molecule has 1 N–H and O–H groups in total. The van der Waals surface area contributed by atoms with Crippen LogP contribution in [0.1, 0.15) is 5.56 Å². The zero-order valence-corrected chi connectivity index (χ0v) is 14.9. The van der Waals surface area contributed by atoms with Crippen LogP contribution in [0.5, 0.6) is 5.75 Å². The van der Waals surface area contributed by atoms with Crippen LogP contribution in [-0.4, -0.2) is 15.9 Å². The van der Waals surface area contributed by atoms with Gasteiger partial charge in [0.2, 0.25) is 0 Å². The van der Waals surface area contributed by atoms with E-state index in [2.05, 4.69) is 0 Å². The second kappa shape index (κ2) is 7.17. The molecule has 3 aromatic rings. The zero-order chi connectivity index (χ0) is 17.1. The Morgan fingerprint density at radius 3 is 2.46 bits per heavy atom. The summed E-state index contributed by atoms with van der Waals surface area (Å²) in [6.07, 6.45) is 0. The molecule has 0 radical (unpaired) electrons. The van der Waals surface area contributed by atoms with E-state index in [1.165, 1.54) is 15.6 Å². The van der Waals surface area contributed by atoms with Gasteiger partial charge in [0.15, 0.2) is 0 Å². The minimum absolute atomic E-state index is 0.695. The molecule has 0 aliphatic heterocycles. The molecule has 0 saturated heterocycles. The molecular weight excluding hydrogens is 342 g/mol. The second-order valence-electron chi connectivity index (χ2n) is 5.21. The SMILES string of the molecule is COc1ccc(-c2cc(N(c3ccccc3C)S(=O)O)cs2)cc1. The van der Waals surface area contributed by atoms with Gasteiger partial charge in [-0.2, -0.15) is 0 Å². The molecule has 1 atom stereocenters. The molecule has 1 unspecified atom stereocenters. The van der Waals surface area contributed by atoms with E-state index in [0.29, 0.717) is 5.69 Å². The summed E-state index contributed by atoms with van der Waals surface area (Å²) >= 11 is -0.609. The Morgan fingerprint density at radius 2 is 1.83 bits per heavy atom. The molecule has 0 aliphatic rings. The van der Waals surface area contributed by atoms with Crippen LogP contribution in [0.25, 0.3) is 10.4 Å². The fourth-order valence-corrected chi connectivity index (χ4v) is 4.05. The van der Waals surface area contributed by atoms with E-state index in [1.54, 1.807) is 7.11 Å². The number of methoxy groups -OCH3 is 1. The lowest BCUT2D eigenvalue weighted by Crippen LogP contribution is -2.19. The number of hydrogen-bond donors (Lipinski definition) is 1. The van der Waals surface area contributed by atoms with Crippen LogP contribution < -0.4 is 9.04 Å². The summed E-state index contributed by atoms with van der Waals surface area (Å²) in [5.74, 6) is 0.800. The largest absolute Gasteiger partial charge is 0.497 e. The van der Waals surface area contributed by atoms with Crippen molar-refractivity contribution in [1.29, 1.82) is 0 Å². The third-order valence-electron chi connectivity index (χ3n) is 3.69. The summed E-state index contributed by atoms with van der Waals surface area (Å²) < 4.78 is 28.3. The Morgan fingerprint density at radius 1 is 1.12 bits per heavy atom. The van der Waals surface area contributed by atoms with Gasteiger partial charge in [0.05, 0.1) is 18.5 Å². The first kappa shape index (κ1) is 16.7. The van der Waals surface area contributed by atoms with Gasteiger partial charge in [0.25, 0.3) is 11.3 Å². The minimum Gasteiger partial charge on any atom is -0.497 e. The summed E-state index contributed by atoms with van der Waals surface area (Å²) in [6, 6.07) is 17.2. The van der Waals surface area contributed by atoms with Crippen molar-refractivity contribution in [3.8, 4) is 16.2 Å². The van der Waals surface area contributed by atoms with E-state index in [4.69, 9.17) is 4.74 Å². The smallest absolute Gasteiger partial charge is 0.266 e. The summed E-state index contributed by atoms with van der Waals surface area (Å²) in [5.41, 5.74) is 3.40. The molecule has 0 fully saturated rings. The molecule has 1 heterocycles. The molecule has 2 aromatic carbocycles. The fourth-order valence-electron chi connectivity index (χ4n) is 2.44. The van der Waals surface area contributed by atoms with Gasteiger partial charge in [0, 0.05) is 10.3 Å². The van der Waals surface area contributed by atoms with E-state index in [-0.39, 0.29) is 0 Å². The van der Waals surface area contributed by atoms with E-state index < -0.39 is 11.3 Å². The molecule has 0 aliphatic carbocycles. The topological polar surface area (TPSA) is 49.8 Å². The van der Waals surface area contributed by atoms with Crippen LogP contribution in [0.2, 0.25) is 0 Å². The third-order valence-corrected chi connectivity index (χ3v) is 5.37. The highest BCUT2D eigenvalue weighted by Crippen LogP contribution is 2.37. The number of thiophene rings is 1. The maximum absolute atomic E-state index is 11.9. The van der Waals surface area contributed by atoms with Crippen LogP contribution in [0, 0.1) is 6.92 Å². The van der Waals surface area contributed by atoms with Crippen LogP contribution in [0.4, 0.5) is 11.4 Å². The summed E-state index contributed by atoms with van der Waals surface area (Å²) in [7, 11) is 1.63. The lowest BCUT2D eigenvalue weighted by atomic mass is 10.1. The van der Waals surface area contributed by atoms with Gasteiger partial charge in [0.1, 0.15) is 5.75 Å². The van der Waals surface area contributed by atoms with Crippen molar-refractivity contribution < 1.29 is 13.5 Å². The Balaban J connectivity index is 1.97. The average Bonchev–Trinajstić information content (AvgIpc) is 3.06. The average molecular weight is 359 g/mol. The van der Waals surface area contributed by atoms with Crippen molar-refractivity contribution in [2.45, 2.75) is 6.92 Å². The maximum atomic E-state index is 11.9. The Labute approximate surface area is 147 Å². The monoisotopic (exact) mass is 359 g/mol. The summed E-state index contributed by atoms with van der Waals surface area (Å²) in [4.78, 5) is 1.02. The molecule has 6 heteroatoms. The van der Waals surface area contributed by atoms with Crippen LogP contribution >= 0.6 is 11.3 Å². The fraction of sp³-hybridized carbons (Fsp3) is 0.111. The van der Waals surface area contributed by atoms with Gasteiger partial charge in [-0.05, 0) is 54.4 Å². The van der Waals surface area contributed by atoms with Gasteiger partial charge >= 0.3 is 0 Å². The Kier molecular flexibility index (Phi) is 4.99. The zero-order valence-electron chi connectivity index (χ0n) is 13.3. The number of nitrogens with zero attached hydrogens (tertiary/aromatic N) is 1. The lowest BCUT2D eigenvalue weighted by Gasteiger charge is -2.20. The lowest BCUT2D eigenvalue weighted by molar-refractivity contribution is 0.415. The summed E-state index contributed by atoms with van der Waals surface area (Å²) in [5, 5.41) is 1.89.